The van der Waals surface area contributed by atoms with Gasteiger partial charge in [-0.3, -0.25) is 4.79 Å². The lowest BCUT2D eigenvalue weighted by molar-refractivity contribution is -0.138. The Hall–Kier alpha value is -3.50. The molecular weight excluding hydrogens is 428 g/mol. The van der Waals surface area contributed by atoms with E-state index < -0.39 is 47.1 Å². The number of carbonyl (C=O) groups is 2. The van der Waals surface area contributed by atoms with E-state index in [0.29, 0.717) is 0 Å². The fourth-order valence-electron chi connectivity index (χ4n) is 3.17. The Morgan fingerprint density at radius 2 is 1.65 bits per heavy atom. The number of allylic oxidation sites excluding steroid dienone is 1. The zero-order valence-corrected chi connectivity index (χ0v) is 15.8. The third-order valence-electron chi connectivity index (χ3n) is 4.54. The minimum absolute atomic E-state index is 0.00634. The Balaban J connectivity index is 2.01. The van der Waals surface area contributed by atoms with Crippen LogP contribution < -0.4 is 16.0 Å². The molecule has 2 aromatic carbocycles. The number of urea groups is 1. The zero-order chi connectivity index (χ0) is 23.0. The molecule has 31 heavy (non-hydrogen) atoms. The smallest absolute Gasteiger partial charge is 0.327 e. The maximum absolute atomic E-state index is 13.2. The molecule has 0 aliphatic carbocycles. The van der Waals surface area contributed by atoms with Crippen LogP contribution in [0.2, 0.25) is 0 Å². The summed E-state index contributed by atoms with van der Waals surface area (Å²) in [6, 6.07) is 6.15. The van der Waals surface area contributed by atoms with E-state index in [9.17, 15) is 35.9 Å². The number of hydrogen-bond donors (Lipinski definition) is 3. The highest BCUT2D eigenvalue weighted by Gasteiger charge is 2.37. The number of alkyl halides is 6. The second-order valence-corrected chi connectivity index (χ2v) is 6.69. The van der Waals surface area contributed by atoms with Crippen molar-refractivity contribution in [3.05, 3.63) is 76.5 Å². The van der Waals surface area contributed by atoms with Crippen molar-refractivity contribution in [2.75, 3.05) is 5.32 Å². The summed E-state index contributed by atoms with van der Waals surface area (Å²) in [7, 11) is 0. The molecule has 0 saturated carbocycles. The van der Waals surface area contributed by atoms with Crippen LogP contribution in [-0.2, 0) is 17.1 Å². The fraction of sp³-hybridized carbons (Fsp3) is 0.200. The molecule has 0 saturated heterocycles. The monoisotopic (exact) mass is 443 g/mol. The first kappa shape index (κ1) is 22.2. The van der Waals surface area contributed by atoms with Crippen molar-refractivity contribution in [2.45, 2.75) is 25.3 Å². The van der Waals surface area contributed by atoms with Gasteiger partial charge in [0.2, 0.25) is 0 Å². The topological polar surface area (TPSA) is 70.2 Å². The second kappa shape index (κ2) is 7.97. The van der Waals surface area contributed by atoms with E-state index in [2.05, 4.69) is 16.0 Å². The normalized spacial score (nSPS) is 17.1. The molecule has 5 nitrogen and oxygen atoms in total. The second-order valence-electron chi connectivity index (χ2n) is 6.69. The third kappa shape index (κ3) is 4.81. The van der Waals surface area contributed by atoms with Crippen LogP contribution >= 0.6 is 0 Å². The molecule has 3 N–H and O–H groups in total. The van der Waals surface area contributed by atoms with Crippen molar-refractivity contribution in [3.63, 3.8) is 0 Å². The lowest BCUT2D eigenvalue weighted by atomic mass is 9.93. The molecule has 1 aliphatic heterocycles. The Morgan fingerprint density at radius 1 is 0.968 bits per heavy atom. The van der Waals surface area contributed by atoms with Gasteiger partial charge in [0.25, 0.3) is 5.91 Å². The Bertz CT molecular complexity index is 1060. The number of para-hydroxylation sites is 1. The van der Waals surface area contributed by atoms with Crippen molar-refractivity contribution in [3.8, 4) is 0 Å². The van der Waals surface area contributed by atoms with Crippen LogP contribution in [-0.4, -0.2) is 11.9 Å². The van der Waals surface area contributed by atoms with Crippen LogP contribution in [0.5, 0.6) is 0 Å². The van der Waals surface area contributed by atoms with Gasteiger partial charge in [-0.15, -0.1) is 0 Å². The number of hydrogen-bond acceptors (Lipinski definition) is 2. The molecule has 164 valence electrons. The number of anilines is 1. The standard InChI is InChI=1S/C20H15F6N3O2/c1-10-15(17(30)28-14-8-3-2-7-13(14)20(24,25)26)16(29-18(31)27-10)11-5-4-6-12(9-11)19(21,22)23/h2-9,16H,1H3,(H,28,30)(H2,27,29,31). The molecule has 0 bridgehead atoms. The highest BCUT2D eigenvalue weighted by Crippen LogP contribution is 2.36. The maximum atomic E-state index is 13.2. The molecule has 1 heterocycles. The molecule has 0 spiro atoms. The minimum Gasteiger partial charge on any atom is -0.327 e. The van der Waals surface area contributed by atoms with Gasteiger partial charge in [0.05, 0.1) is 28.4 Å². The van der Waals surface area contributed by atoms with Crippen molar-refractivity contribution in [1.82, 2.24) is 10.6 Å². The Kier molecular flexibility index (Phi) is 5.70. The Morgan fingerprint density at radius 3 is 2.29 bits per heavy atom. The van der Waals surface area contributed by atoms with Crippen LogP contribution in [0.1, 0.15) is 29.7 Å². The van der Waals surface area contributed by atoms with E-state index in [1.807, 2.05) is 0 Å². The molecular formula is C20H15F6N3O2. The number of nitrogens with one attached hydrogen (secondary N) is 3. The van der Waals surface area contributed by atoms with Gasteiger partial charge in [0.15, 0.2) is 0 Å². The number of amides is 3. The summed E-state index contributed by atoms with van der Waals surface area (Å²) in [6.45, 7) is 1.32. The predicted molar refractivity (Wildman–Crippen MR) is 98.6 cm³/mol. The van der Waals surface area contributed by atoms with Gasteiger partial charge >= 0.3 is 18.4 Å². The SMILES string of the molecule is CC1=C(C(=O)Nc2ccccc2C(F)(F)F)C(c2cccc(C(F)(F)F)c2)NC(=O)N1. The van der Waals surface area contributed by atoms with Gasteiger partial charge in [-0.25, -0.2) is 4.79 Å². The lowest BCUT2D eigenvalue weighted by Gasteiger charge is -2.29. The molecule has 1 atom stereocenters. The molecule has 3 amide bonds. The van der Waals surface area contributed by atoms with E-state index in [-0.39, 0.29) is 16.8 Å². The first-order valence-electron chi connectivity index (χ1n) is 8.81. The molecule has 0 aromatic heterocycles. The first-order chi connectivity index (χ1) is 14.4. The average molecular weight is 443 g/mol. The quantitative estimate of drug-likeness (QED) is 0.585. The highest BCUT2D eigenvalue weighted by molar-refractivity contribution is 6.07. The van der Waals surface area contributed by atoms with E-state index in [1.54, 1.807) is 0 Å². The van der Waals surface area contributed by atoms with Gasteiger partial charge in [0, 0.05) is 5.70 Å². The van der Waals surface area contributed by atoms with Gasteiger partial charge < -0.3 is 16.0 Å². The number of carbonyl (C=O) groups excluding carboxylic acids is 2. The lowest BCUT2D eigenvalue weighted by Crippen LogP contribution is -2.46. The zero-order valence-electron chi connectivity index (χ0n) is 15.8. The number of benzene rings is 2. The minimum atomic E-state index is -4.74. The summed E-state index contributed by atoms with van der Waals surface area (Å²) in [5.41, 5.74) is -2.91. The van der Waals surface area contributed by atoms with Crippen LogP contribution in [0, 0.1) is 0 Å². The summed E-state index contributed by atoms with van der Waals surface area (Å²) in [5, 5.41) is 6.80. The van der Waals surface area contributed by atoms with Crippen molar-refractivity contribution < 1.29 is 35.9 Å². The summed E-state index contributed by atoms with van der Waals surface area (Å²) in [5.74, 6) is -1.01. The summed E-state index contributed by atoms with van der Waals surface area (Å²) >= 11 is 0. The summed E-state index contributed by atoms with van der Waals surface area (Å²) in [4.78, 5) is 24.8. The molecule has 1 unspecified atom stereocenters. The van der Waals surface area contributed by atoms with E-state index in [0.717, 1.165) is 36.4 Å². The van der Waals surface area contributed by atoms with Gasteiger partial charge in [-0.2, -0.15) is 26.3 Å². The molecule has 3 rings (SSSR count). The molecule has 0 radical (unpaired) electrons. The van der Waals surface area contributed by atoms with Crippen LogP contribution in [0.4, 0.5) is 36.8 Å². The van der Waals surface area contributed by atoms with Gasteiger partial charge in [-0.05, 0) is 36.8 Å². The molecule has 1 aliphatic rings. The largest absolute Gasteiger partial charge is 0.418 e. The molecule has 11 heteroatoms. The van der Waals surface area contributed by atoms with Crippen molar-refractivity contribution in [2.24, 2.45) is 0 Å². The summed E-state index contributed by atoms with van der Waals surface area (Å²) in [6.07, 6.45) is -9.41. The van der Waals surface area contributed by atoms with Gasteiger partial charge in [0.1, 0.15) is 0 Å². The summed E-state index contributed by atoms with van der Waals surface area (Å²) < 4.78 is 79.0. The Labute approximate surface area is 172 Å². The third-order valence-corrected chi connectivity index (χ3v) is 4.54. The molecule has 0 fully saturated rings. The van der Waals surface area contributed by atoms with Crippen LogP contribution in [0.15, 0.2) is 59.8 Å². The van der Waals surface area contributed by atoms with E-state index in [1.165, 1.54) is 19.1 Å². The average Bonchev–Trinajstić information content (AvgIpc) is 2.66. The highest BCUT2D eigenvalue weighted by atomic mass is 19.4. The first-order valence-corrected chi connectivity index (χ1v) is 8.81. The number of halogens is 6. The van der Waals surface area contributed by atoms with Crippen molar-refractivity contribution in [1.29, 1.82) is 0 Å². The fourth-order valence-corrected chi connectivity index (χ4v) is 3.17. The van der Waals surface area contributed by atoms with E-state index >= 15 is 0 Å². The maximum Gasteiger partial charge on any atom is 0.418 e. The van der Waals surface area contributed by atoms with Crippen molar-refractivity contribution >= 4 is 17.6 Å². The van der Waals surface area contributed by atoms with E-state index in [4.69, 9.17) is 0 Å². The van der Waals surface area contributed by atoms with Crippen LogP contribution in [0.3, 0.4) is 0 Å². The van der Waals surface area contributed by atoms with Crippen LogP contribution in [0.25, 0.3) is 0 Å². The predicted octanol–water partition coefficient (Wildman–Crippen LogP) is 4.99. The van der Waals surface area contributed by atoms with Gasteiger partial charge in [-0.1, -0.05) is 24.3 Å². The molecule has 2 aromatic rings. The number of rotatable bonds is 3.